The van der Waals surface area contributed by atoms with E-state index in [1.165, 1.54) is 0 Å². The summed E-state index contributed by atoms with van der Waals surface area (Å²) in [7, 11) is 0. The van der Waals surface area contributed by atoms with Gasteiger partial charge in [0.15, 0.2) is 12.2 Å². The molecule has 6 nitrogen and oxygen atoms in total. The predicted molar refractivity (Wildman–Crippen MR) is 157 cm³/mol. The van der Waals surface area contributed by atoms with Crippen LogP contribution in [0.2, 0.25) is 0 Å². The molecule has 206 valence electrons. The second kappa shape index (κ2) is 14.5. The first-order chi connectivity index (χ1) is 19.5. The number of rotatable bonds is 13. The van der Waals surface area contributed by atoms with Gasteiger partial charge >= 0.3 is 0 Å². The van der Waals surface area contributed by atoms with Crippen LogP contribution in [0.5, 0.6) is 11.5 Å². The molecule has 4 rings (SSSR count). The van der Waals surface area contributed by atoms with Crippen molar-refractivity contribution in [3.63, 3.8) is 0 Å². The lowest BCUT2D eigenvalue weighted by Crippen LogP contribution is -2.47. The monoisotopic (exact) mass is 536 g/mol. The maximum Gasteiger partial charge on any atom is 0.263 e. The minimum Gasteiger partial charge on any atom is -0.481 e. The molecule has 2 unspecified atom stereocenters. The van der Waals surface area contributed by atoms with Gasteiger partial charge in [0.05, 0.1) is 0 Å². The van der Waals surface area contributed by atoms with Gasteiger partial charge in [-0.2, -0.15) is 0 Å². The fourth-order valence-electron chi connectivity index (χ4n) is 4.40. The molecule has 0 aromatic heterocycles. The van der Waals surface area contributed by atoms with Crippen molar-refractivity contribution in [3.8, 4) is 11.5 Å². The van der Waals surface area contributed by atoms with Crippen LogP contribution in [0.3, 0.4) is 0 Å². The van der Waals surface area contributed by atoms with E-state index in [1.807, 2.05) is 121 Å². The van der Waals surface area contributed by atoms with Crippen molar-refractivity contribution in [3.05, 3.63) is 132 Å². The minimum atomic E-state index is -0.690. The first-order valence-corrected chi connectivity index (χ1v) is 13.6. The van der Waals surface area contributed by atoms with Crippen molar-refractivity contribution in [1.29, 1.82) is 0 Å². The van der Waals surface area contributed by atoms with E-state index in [1.54, 1.807) is 23.6 Å². The third-order valence-corrected chi connectivity index (χ3v) is 6.50. The Labute approximate surface area is 236 Å². The van der Waals surface area contributed by atoms with Gasteiger partial charge in [-0.1, -0.05) is 97.1 Å². The summed E-state index contributed by atoms with van der Waals surface area (Å²) >= 11 is 0. The predicted octanol–water partition coefficient (Wildman–Crippen LogP) is 5.98. The maximum atomic E-state index is 13.6. The molecule has 2 atom stereocenters. The van der Waals surface area contributed by atoms with Crippen LogP contribution in [-0.4, -0.2) is 46.9 Å². The number of carbonyl (C=O) groups is 2. The van der Waals surface area contributed by atoms with E-state index in [4.69, 9.17) is 9.47 Å². The van der Waals surface area contributed by atoms with Crippen LogP contribution < -0.4 is 9.47 Å². The number of hydrogen-bond acceptors (Lipinski definition) is 4. The van der Waals surface area contributed by atoms with E-state index in [0.29, 0.717) is 37.7 Å². The Bertz CT molecular complexity index is 1210. The van der Waals surface area contributed by atoms with Crippen LogP contribution >= 0.6 is 0 Å². The Balaban J connectivity index is 1.51. The average Bonchev–Trinajstić information content (AvgIpc) is 2.99. The number of amides is 2. The average molecular weight is 537 g/mol. The van der Waals surface area contributed by atoms with E-state index in [9.17, 15) is 9.59 Å². The van der Waals surface area contributed by atoms with Gasteiger partial charge in [-0.05, 0) is 49.2 Å². The summed E-state index contributed by atoms with van der Waals surface area (Å²) in [5, 5.41) is 0. The maximum absolute atomic E-state index is 13.6. The van der Waals surface area contributed by atoms with Crippen molar-refractivity contribution < 1.29 is 19.1 Å². The van der Waals surface area contributed by atoms with Crippen LogP contribution in [0.4, 0.5) is 0 Å². The highest BCUT2D eigenvalue weighted by Gasteiger charge is 2.26. The summed E-state index contributed by atoms with van der Waals surface area (Å²) < 4.78 is 11.9. The SMILES string of the molecule is CC(Oc1ccccc1)C(=O)N(CCN(Cc1ccccc1)C(=O)C(C)Oc1ccccc1)Cc1ccccc1. The summed E-state index contributed by atoms with van der Waals surface area (Å²) in [5.74, 6) is 0.980. The van der Waals surface area contributed by atoms with Crippen LogP contribution in [0.15, 0.2) is 121 Å². The van der Waals surface area contributed by atoms with Gasteiger partial charge < -0.3 is 19.3 Å². The molecule has 0 aliphatic rings. The molecule has 4 aromatic carbocycles. The Hall–Kier alpha value is -4.58. The lowest BCUT2D eigenvalue weighted by Gasteiger charge is -2.31. The molecule has 0 radical (unpaired) electrons. The molecular weight excluding hydrogens is 500 g/mol. The number of ether oxygens (including phenoxy) is 2. The van der Waals surface area contributed by atoms with Crippen molar-refractivity contribution in [2.45, 2.75) is 39.1 Å². The van der Waals surface area contributed by atoms with Crippen LogP contribution in [0.25, 0.3) is 0 Å². The fourth-order valence-corrected chi connectivity index (χ4v) is 4.40. The van der Waals surface area contributed by atoms with E-state index < -0.39 is 12.2 Å². The standard InChI is InChI=1S/C34H36N2O4/c1-27(39-31-19-11-5-12-20-31)33(37)35(25-29-15-7-3-8-16-29)23-24-36(26-30-17-9-4-10-18-30)34(38)28(2)40-32-21-13-6-14-22-32/h3-22,27-28H,23-26H2,1-2H3. The van der Waals surface area contributed by atoms with Crippen LogP contribution in [-0.2, 0) is 22.7 Å². The summed E-state index contributed by atoms with van der Waals surface area (Å²) in [6.45, 7) is 5.02. The largest absolute Gasteiger partial charge is 0.481 e. The molecule has 0 saturated heterocycles. The second-order valence-corrected chi connectivity index (χ2v) is 9.64. The molecule has 0 bridgehead atoms. The Morgan fingerprint density at radius 3 is 1.15 bits per heavy atom. The van der Waals surface area contributed by atoms with Gasteiger partial charge in [-0.15, -0.1) is 0 Å². The quantitative estimate of drug-likeness (QED) is 0.211. The molecule has 0 heterocycles. The normalized spacial score (nSPS) is 12.2. The minimum absolute atomic E-state index is 0.145. The third-order valence-electron chi connectivity index (χ3n) is 6.50. The molecule has 0 fully saturated rings. The number of hydrogen-bond donors (Lipinski definition) is 0. The lowest BCUT2D eigenvalue weighted by atomic mass is 10.2. The highest BCUT2D eigenvalue weighted by atomic mass is 16.5. The van der Waals surface area contributed by atoms with Gasteiger partial charge in [0.2, 0.25) is 0 Å². The lowest BCUT2D eigenvalue weighted by molar-refractivity contribution is -0.142. The van der Waals surface area contributed by atoms with Gasteiger partial charge in [-0.25, -0.2) is 0 Å². The van der Waals surface area contributed by atoms with Crippen molar-refractivity contribution in [1.82, 2.24) is 9.80 Å². The topological polar surface area (TPSA) is 59.1 Å². The molecule has 40 heavy (non-hydrogen) atoms. The molecule has 0 N–H and O–H groups in total. The first kappa shape index (κ1) is 28.4. The summed E-state index contributed by atoms with van der Waals surface area (Å²) in [4.78, 5) is 30.8. The first-order valence-electron chi connectivity index (χ1n) is 13.6. The van der Waals surface area contributed by atoms with Crippen LogP contribution in [0, 0.1) is 0 Å². The number of nitrogens with zero attached hydrogens (tertiary/aromatic N) is 2. The Morgan fingerprint density at radius 1 is 0.525 bits per heavy atom. The molecule has 2 amide bonds. The molecule has 0 saturated carbocycles. The number of carbonyl (C=O) groups excluding carboxylic acids is 2. The Morgan fingerprint density at radius 2 is 0.825 bits per heavy atom. The van der Waals surface area contributed by atoms with Gasteiger partial charge in [-0.3, -0.25) is 9.59 Å². The molecule has 0 aliphatic heterocycles. The van der Waals surface area contributed by atoms with Gasteiger partial charge in [0.25, 0.3) is 11.8 Å². The molecule has 6 heteroatoms. The number of para-hydroxylation sites is 2. The van der Waals surface area contributed by atoms with Crippen molar-refractivity contribution >= 4 is 11.8 Å². The Kier molecular flexibility index (Phi) is 10.3. The molecule has 0 aliphatic carbocycles. The van der Waals surface area contributed by atoms with E-state index in [-0.39, 0.29) is 11.8 Å². The summed E-state index contributed by atoms with van der Waals surface area (Å²) in [6, 6.07) is 38.3. The van der Waals surface area contributed by atoms with Crippen molar-refractivity contribution in [2.75, 3.05) is 13.1 Å². The summed E-state index contributed by atoms with van der Waals surface area (Å²) in [6.07, 6.45) is -1.38. The smallest absolute Gasteiger partial charge is 0.263 e. The van der Waals surface area contributed by atoms with E-state index >= 15 is 0 Å². The molecule has 4 aromatic rings. The van der Waals surface area contributed by atoms with Crippen LogP contribution in [0.1, 0.15) is 25.0 Å². The van der Waals surface area contributed by atoms with Crippen molar-refractivity contribution in [2.24, 2.45) is 0 Å². The summed E-state index contributed by atoms with van der Waals surface area (Å²) in [5.41, 5.74) is 2.01. The second-order valence-electron chi connectivity index (χ2n) is 9.64. The zero-order chi connectivity index (χ0) is 28.2. The molecule has 0 spiro atoms. The highest BCUT2D eigenvalue weighted by molar-refractivity contribution is 5.82. The van der Waals surface area contributed by atoms with E-state index in [0.717, 1.165) is 11.1 Å². The number of benzene rings is 4. The van der Waals surface area contributed by atoms with Gasteiger partial charge in [0.1, 0.15) is 11.5 Å². The third kappa shape index (κ3) is 8.46. The zero-order valence-electron chi connectivity index (χ0n) is 23.1. The van der Waals surface area contributed by atoms with E-state index in [2.05, 4.69) is 0 Å². The zero-order valence-corrected chi connectivity index (χ0v) is 23.1. The molecular formula is C34H36N2O4. The highest BCUT2D eigenvalue weighted by Crippen LogP contribution is 2.16. The fraction of sp³-hybridized carbons (Fsp3) is 0.235. The van der Waals surface area contributed by atoms with Gasteiger partial charge in [0, 0.05) is 26.2 Å².